The van der Waals surface area contributed by atoms with Crippen molar-refractivity contribution in [3.05, 3.63) is 17.4 Å². The third kappa shape index (κ3) is 3.36. The first-order valence-corrected chi connectivity index (χ1v) is 4.34. The van der Waals surface area contributed by atoms with E-state index >= 15 is 0 Å². The molecular weight excluding hydrogens is 291 g/mol. The average molecular weight is 293 g/mol. The van der Waals surface area contributed by atoms with Gasteiger partial charge in [-0.1, -0.05) is 11.8 Å². The molecule has 17 heavy (non-hydrogen) atoms. The summed E-state index contributed by atoms with van der Waals surface area (Å²) in [5.41, 5.74) is 0. The standard InChI is InChI=1S/C6H2F9OS/c1-17-3(8)2(7)16-6(14,15)4(9,10)5(11,12)13/h1H2/b3-2+. The van der Waals surface area contributed by atoms with Crippen molar-refractivity contribution < 1.29 is 44.3 Å². The Morgan fingerprint density at radius 2 is 1.35 bits per heavy atom. The monoisotopic (exact) mass is 293 g/mol. The van der Waals surface area contributed by atoms with Crippen LogP contribution >= 0.6 is 11.8 Å². The van der Waals surface area contributed by atoms with E-state index in [-0.39, 0.29) is 0 Å². The maximum atomic E-state index is 12.3. The molecule has 0 heterocycles. The minimum atomic E-state index is -6.69. The Morgan fingerprint density at radius 3 is 1.65 bits per heavy atom. The number of thioether (sulfide) groups is 1. The van der Waals surface area contributed by atoms with Gasteiger partial charge in [-0.2, -0.15) is 39.5 Å². The molecule has 0 amide bonds. The van der Waals surface area contributed by atoms with Crippen LogP contribution in [0.15, 0.2) is 11.2 Å². The SMILES string of the molecule is [CH2]S/C(F)=C(\F)OC(F)(F)C(F)(F)C(F)(F)F. The van der Waals surface area contributed by atoms with E-state index in [1.54, 1.807) is 0 Å². The smallest absolute Gasteiger partial charge is 0.399 e. The molecule has 0 aliphatic carbocycles. The molecule has 0 N–H and O–H groups in total. The molecule has 101 valence electrons. The summed E-state index contributed by atoms with van der Waals surface area (Å²) in [4.78, 5) is 0. The van der Waals surface area contributed by atoms with Gasteiger partial charge < -0.3 is 4.74 Å². The molecule has 0 bridgehead atoms. The van der Waals surface area contributed by atoms with Gasteiger partial charge in [0.25, 0.3) is 0 Å². The van der Waals surface area contributed by atoms with E-state index in [9.17, 15) is 39.5 Å². The highest BCUT2D eigenvalue weighted by atomic mass is 32.2. The van der Waals surface area contributed by atoms with Crippen molar-refractivity contribution in [3.63, 3.8) is 0 Å². The number of hydrogen-bond donors (Lipinski definition) is 0. The zero-order valence-corrected chi connectivity index (χ0v) is 8.24. The average Bonchev–Trinajstić information content (AvgIpc) is 2.13. The predicted octanol–water partition coefficient (Wildman–Crippen LogP) is 4.38. The minimum Gasteiger partial charge on any atom is -0.399 e. The Kier molecular flexibility index (Phi) is 4.65. The Hall–Kier alpha value is -0.740. The molecule has 0 rings (SSSR count). The lowest BCUT2D eigenvalue weighted by Crippen LogP contribution is -2.53. The lowest BCUT2D eigenvalue weighted by atomic mass is 10.3. The van der Waals surface area contributed by atoms with Crippen LogP contribution in [0.1, 0.15) is 0 Å². The number of rotatable bonds is 4. The molecule has 0 aromatic heterocycles. The molecule has 0 atom stereocenters. The lowest BCUT2D eigenvalue weighted by Gasteiger charge is -2.26. The van der Waals surface area contributed by atoms with E-state index in [1.165, 1.54) is 0 Å². The zero-order chi connectivity index (χ0) is 14.1. The minimum absolute atomic E-state index is 0.405. The van der Waals surface area contributed by atoms with Crippen LogP contribution in [0.25, 0.3) is 0 Å². The molecule has 0 aromatic rings. The fourth-order valence-corrected chi connectivity index (χ4v) is 0.594. The van der Waals surface area contributed by atoms with Gasteiger partial charge in [-0.15, -0.1) is 0 Å². The Morgan fingerprint density at radius 1 is 0.941 bits per heavy atom. The number of halogens is 9. The van der Waals surface area contributed by atoms with Crippen LogP contribution in [0, 0.1) is 6.26 Å². The molecule has 0 saturated carbocycles. The summed E-state index contributed by atoms with van der Waals surface area (Å²) in [6.45, 7) is 0. The number of hydrogen-bond acceptors (Lipinski definition) is 2. The third-order valence-corrected chi connectivity index (χ3v) is 1.63. The lowest BCUT2D eigenvalue weighted by molar-refractivity contribution is -0.419. The van der Waals surface area contributed by atoms with Crippen molar-refractivity contribution in [2.24, 2.45) is 0 Å². The van der Waals surface area contributed by atoms with E-state index < -0.39 is 41.1 Å². The van der Waals surface area contributed by atoms with Crippen molar-refractivity contribution in [1.29, 1.82) is 0 Å². The first-order chi connectivity index (χ1) is 7.37. The second-order valence-electron chi connectivity index (χ2n) is 2.38. The molecule has 0 spiro atoms. The molecule has 1 nitrogen and oxygen atoms in total. The van der Waals surface area contributed by atoms with E-state index in [0.29, 0.717) is 0 Å². The molecule has 11 heteroatoms. The molecule has 0 aromatic carbocycles. The second kappa shape index (κ2) is 4.86. The quantitative estimate of drug-likeness (QED) is 0.562. The predicted molar refractivity (Wildman–Crippen MR) is 39.2 cm³/mol. The van der Waals surface area contributed by atoms with Gasteiger partial charge in [-0.25, -0.2) is 0 Å². The van der Waals surface area contributed by atoms with Crippen LogP contribution in [0.5, 0.6) is 0 Å². The Balaban J connectivity index is 5.18. The maximum Gasteiger partial charge on any atom is 0.476 e. The van der Waals surface area contributed by atoms with E-state index in [1.807, 2.05) is 0 Å². The Labute approximate surface area is 92.6 Å². The molecule has 1 radical (unpaired) electrons. The normalized spacial score (nSPS) is 15.6. The molecule has 0 aliphatic heterocycles. The van der Waals surface area contributed by atoms with Crippen LogP contribution in [-0.2, 0) is 4.74 Å². The highest BCUT2D eigenvalue weighted by Gasteiger charge is 2.76. The maximum absolute atomic E-state index is 12.3. The highest BCUT2D eigenvalue weighted by Crippen LogP contribution is 2.48. The van der Waals surface area contributed by atoms with Gasteiger partial charge in [0.1, 0.15) is 0 Å². The number of ether oxygens (including phenoxy) is 1. The van der Waals surface area contributed by atoms with Crippen LogP contribution in [0.4, 0.5) is 39.5 Å². The van der Waals surface area contributed by atoms with Crippen LogP contribution < -0.4 is 0 Å². The summed E-state index contributed by atoms with van der Waals surface area (Å²) >= 11 is -0.405. The second-order valence-corrected chi connectivity index (χ2v) is 3.03. The summed E-state index contributed by atoms with van der Waals surface area (Å²) in [7, 11) is 0. The van der Waals surface area contributed by atoms with Gasteiger partial charge in [-0.05, 0) is 0 Å². The van der Waals surface area contributed by atoms with Gasteiger partial charge in [0.15, 0.2) is 0 Å². The van der Waals surface area contributed by atoms with Crippen LogP contribution in [-0.4, -0.2) is 18.2 Å². The van der Waals surface area contributed by atoms with Gasteiger partial charge in [0.05, 0.1) is 0 Å². The molecule has 0 aliphatic rings. The van der Waals surface area contributed by atoms with Crippen molar-refractivity contribution in [2.75, 3.05) is 0 Å². The van der Waals surface area contributed by atoms with Gasteiger partial charge in [0, 0.05) is 6.26 Å². The molecular formula is C6H2F9OS. The fourth-order valence-electron chi connectivity index (χ4n) is 0.438. The summed E-state index contributed by atoms with van der Waals surface area (Å²) in [6, 6.07) is -2.92. The summed E-state index contributed by atoms with van der Waals surface area (Å²) in [5, 5.41) is -2.21. The van der Waals surface area contributed by atoms with Crippen molar-refractivity contribution in [1.82, 2.24) is 0 Å². The van der Waals surface area contributed by atoms with Crippen molar-refractivity contribution >= 4 is 11.8 Å². The summed E-state index contributed by atoms with van der Waals surface area (Å²) in [6.07, 6.45) is -10.4. The van der Waals surface area contributed by atoms with Crippen LogP contribution in [0.2, 0.25) is 0 Å². The fraction of sp³-hybridized carbons (Fsp3) is 0.500. The molecule has 0 saturated heterocycles. The first-order valence-electron chi connectivity index (χ1n) is 3.35. The highest BCUT2D eigenvalue weighted by molar-refractivity contribution is 8.03. The van der Waals surface area contributed by atoms with Crippen molar-refractivity contribution in [2.45, 2.75) is 18.2 Å². The third-order valence-electron chi connectivity index (χ3n) is 1.22. The summed E-state index contributed by atoms with van der Waals surface area (Å²) < 4.78 is 110. The van der Waals surface area contributed by atoms with Gasteiger partial charge >= 0.3 is 24.2 Å². The van der Waals surface area contributed by atoms with Crippen molar-refractivity contribution in [3.8, 4) is 0 Å². The van der Waals surface area contributed by atoms with E-state index in [0.717, 1.165) is 0 Å². The first kappa shape index (κ1) is 16.3. The molecule has 0 fully saturated rings. The topological polar surface area (TPSA) is 9.23 Å². The largest absolute Gasteiger partial charge is 0.476 e. The molecule has 0 unspecified atom stereocenters. The van der Waals surface area contributed by atoms with Crippen LogP contribution in [0.3, 0.4) is 0 Å². The summed E-state index contributed by atoms with van der Waals surface area (Å²) in [5.74, 6) is -6.68. The zero-order valence-electron chi connectivity index (χ0n) is 7.43. The van der Waals surface area contributed by atoms with E-state index in [4.69, 9.17) is 0 Å². The van der Waals surface area contributed by atoms with Gasteiger partial charge in [0.2, 0.25) is 5.16 Å². The van der Waals surface area contributed by atoms with Gasteiger partial charge in [-0.3, -0.25) is 0 Å². The van der Waals surface area contributed by atoms with E-state index in [2.05, 4.69) is 11.0 Å². The number of alkyl halides is 7. The Bertz CT molecular complexity index is 307.